The molecule has 0 atom stereocenters. The maximum absolute atomic E-state index is 12.3. The number of nitrogens with two attached hydrogens (primary N) is 1. The SMILES string of the molecule is CCN(C(=O)CO/N=C(\N)c1cccc(Cl)c1)C1CCCCC1. The van der Waals surface area contributed by atoms with Crippen LogP contribution in [-0.4, -0.2) is 35.8 Å². The first-order valence-corrected chi connectivity index (χ1v) is 8.50. The van der Waals surface area contributed by atoms with Crippen LogP contribution in [0.4, 0.5) is 0 Å². The summed E-state index contributed by atoms with van der Waals surface area (Å²) in [4.78, 5) is 19.4. The summed E-state index contributed by atoms with van der Waals surface area (Å²) >= 11 is 5.91. The highest BCUT2D eigenvalue weighted by molar-refractivity contribution is 6.31. The van der Waals surface area contributed by atoms with Gasteiger partial charge in [0.25, 0.3) is 5.91 Å². The highest BCUT2D eigenvalue weighted by Gasteiger charge is 2.24. The number of benzene rings is 1. The molecule has 0 spiro atoms. The first-order valence-electron chi connectivity index (χ1n) is 8.12. The second kappa shape index (κ2) is 8.77. The van der Waals surface area contributed by atoms with E-state index in [1.54, 1.807) is 24.3 Å². The fourth-order valence-corrected chi connectivity index (χ4v) is 3.16. The number of rotatable bonds is 6. The van der Waals surface area contributed by atoms with Crippen molar-refractivity contribution in [3.8, 4) is 0 Å². The molecule has 0 radical (unpaired) electrons. The molecule has 0 heterocycles. The third kappa shape index (κ3) is 5.13. The molecule has 0 bridgehead atoms. The summed E-state index contributed by atoms with van der Waals surface area (Å²) in [5.74, 6) is 0.169. The number of likely N-dealkylation sites (N-methyl/N-ethyl adjacent to an activating group) is 1. The molecule has 23 heavy (non-hydrogen) atoms. The van der Waals surface area contributed by atoms with E-state index in [1.165, 1.54) is 19.3 Å². The lowest BCUT2D eigenvalue weighted by molar-refractivity contribution is -0.138. The lowest BCUT2D eigenvalue weighted by Gasteiger charge is -2.33. The van der Waals surface area contributed by atoms with Crippen LogP contribution >= 0.6 is 11.6 Å². The summed E-state index contributed by atoms with van der Waals surface area (Å²) in [7, 11) is 0. The summed E-state index contributed by atoms with van der Waals surface area (Å²) in [5, 5.41) is 4.40. The van der Waals surface area contributed by atoms with Crippen molar-refractivity contribution in [3.05, 3.63) is 34.9 Å². The Hall–Kier alpha value is -1.75. The number of halogens is 1. The Labute approximate surface area is 142 Å². The molecule has 5 nitrogen and oxygen atoms in total. The van der Waals surface area contributed by atoms with Gasteiger partial charge in [0.2, 0.25) is 0 Å². The molecule has 126 valence electrons. The first-order chi connectivity index (χ1) is 11.1. The van der Waals surface area contributed by atoms with Gasteiger partial charge in [-0.2, -0.15) is 0 Å². The van der Waals surface area contributed by atoms with Crippen LogP contribution in [0.15, 0.2) is 29.4 Å². The van der Waals surface area contributed by atoms with E-state index in [1.807, 2.05) is 11.8 Å². The Kier molecular flexibility index (Phi) is 6.71. The summed E-state index contributed by atoms with van der Waals surface area (Å²) in [6, 6.07) is 7.36. The molecule has 1 aliphatic carbocycles. The number of hydrogen-bond acceptors (Lipinski definition) is 3. The van der Waals surface area contributed by atoms with Crippen LogP contribution in [0.1, 0.15) is 44.6 Å². The van der Waals surface area contributed by atoms with Gasteiger partial charge in [-0.05, 0) is 31.9 Å². The Morgan fingerprint density at radius 3 is 2.78 bits per heavy atom. The van der Waals surface area contributed by atoms with Crippen molar-refractivity contribution in [1.29, 1.82) is 0 Å². The first kappa shape index (κ1) is 17.6. The van der Waals surface area contributed by atoms with Crippen molar-refractivity contribution >= 4 is 23.3 Å². The van der Waals surface area contributed by atoms with Gasteiger partial charge in [-0.1, -0.05) is 48.2 Å². The van der Waals surface area contributed by atoms with Crippen LogP contribution in [0.3, 0.4) is 0 Å². The van der Waals surface area contributed by atoms with E-state index < -0.39 is 0 Å². The van der Waals surface area contributed by atoms with Crippen molar-refractivity contribution in [3.63, 3.8) is 0 Å². The van der Waals surface area contributed by atoms with Crippen molar-refractivity contribution in [2.75, 3.05) is 13.2 Å². The highest BCUT2D eigenvalue weighted by Crippen LogP contribution is 2.22. The van der Waals surface area contributed by atoms with Crippen LogP contribution < -0.4 is 5.73 Å². The second-order valence-corrected chi connectivity index (χ2v) is 6.17. The molecule has 0 aliphatic heterocycles. The van der Waals surface area contributed by atoms with E-state index in [0.717, 1.165) is 12.8 Å². The van der Waals surface area contributed by atoms with E-state index in [4.69, 9.17) is 22.2 Å². The van der Waals surface area contributed by atoms with Gasteiger partial charge in [-0.3, -0.25) is 4.79 Å². The second-order valence-electron chi connectivity index (χ2n) is 5.73. The van der Waals surface area contributed by atoms with Gasteiger partial charge in [0.1, 0.15) is 0 Å². The maximum Gasteiger partial charge on any atom is 0.263 e. The lowest BCUT2D eigenvalue weighted by Crippen LogP contribution is -2.43. The minimum Gasteiger partial charge on any atom is -0.384 e. The quantitative estimate of drug-likeness (QED) is 0.492. The predicted molar refractivity (Wildman–Crippen MR) is 92.4 cm³/mol. The van der Waals surface area contributed by atoms with Gasteiger partial charge in [0, 0.05) is 23.2 Å². The summed E-state index contributed by atoms with van der Waals surface area (Å²) in [5.41, 5.74) is 6.51. The third-order valence-corrected chi connectivity index (χ3v) is 4.38. The highest BCUT2D eigenvalue weighted by atomic mass is 35.5. The minimum atomic E-state index is -0.0917. The van der Waals surface area contributed by atoms with E-state index in [0.29, 0.717) is 23.2 Å². The molecule has 1 aliphatic rings. The Bertz CT molecular complexity index is 557. The monoisotopic (exact) mass is 337 g/mol. The Morgan fingerprint density at radius 2 is 2.13 bits per heavy atom. The Morgan fingerprint density at radius 1 is 1.39 bits per heavy atom. The van der Waals surface area contributed by atoms with Gasteiger partial charge in [0.05, 0.1) is 0 Å². The number of nitrogens with zero attached hydrogens (tertiary/aromatic N) is 2. The molecule has 6 heteroatoms. The molecular formula is C17H24ClN3O2. The van der Waals surface area contributed by atoms with Gasteiger partial charge in [-0.25, -0.2) is 0 Å². The van der Waals surface area contributed by atoms with Crippen LogP contribution in [0.2, 0.25) is 5.02 Å². The molecule has 0 unspecified atom stereocenters. The van der Waals surface area contributed by atoms with E-state index in [2.05, 4.69) is 5.16 Å². The molecule has 1 aromatic carbocycles. The normalized spacial score (nSPS) is 16.2. The molecule has 2 rings (SSSR count). The molecule has 1 saturated carbocycles. The van der Waals surface area contributed by atoms with Crippen molar-refractivity contribution in [2.24, 2.45) is 10.9 Å². The average molecular weight is 338 g/mol. The zero-order valence-corrected chi connectivity index (χ0v) is 14.3. The number of hydrogen-bond donors (Lipinski definition) is 1. The Balaban J connectivity index is 1.88. The molecule has 0 saturated heterocycles. The smallest absolute Gasteiger partial charge is 0.263 e. The molecular weight excluding hydrogens is 314 g/mol. The lowest BCUT2D eigenvalue weighted by atomic mass is 9.94. The minimum absolute atomic E-state index is 0.0398. The van der Waals surface area contributed by atoms with Crippen LogP contribution in [0.5, 0.6) is 0 Å². The number of oxime groups is 1. The molecule has 1 fully saturated rings. The predicted octanol–water partition coefficient (Wildman–Crippen LogP) is 3.16. The summed E-state index contributed by atoms with van der Waals surface area (Å²) in [6.45, 7) is 2.60. The van der Waals surface area contributed by atoms with Crippen LogP contribution in [-0.2, 0) is 9.63 Å². The largest absolute Gasteiger partial charge is 0.384 e. The van der Waals surface area contributed by atoms with Gasteiger partial charge in [0.15, 0.2) is 12.4 Å². The summed E-state index contributed by atoms with van der Waals surface area (Å²) in [6.07, 6.45) is 5.80. The standard InChI is InChI=1S/C17H24ClN3O2/c1-2-21(15-9-4-3-5-10-15)16(22)12-23-20-17(19)13-7-6-8-14(18)11-13/h6-8,11,15H,2-5,9-10,12H2,1H3,(H2,19,20). The fraction of sp³-hybridized carbons (Fsp3) is 0.529. The number of carbonyl (C=O) groups is 1. The van der Waals surface area contributed by atoms with E-state index in [9.17, 15) is 4.79 Å². The molecule has 0 aromatic heterocycles. The van der Waals surface area contributed by atoms with Gasteiger partial charge in [-0.15, -0.1) is 0 Å². The molecule has 2 N–H and O–H groups in total. The van der Waals surface area contributed by atoms with Crippen molar-refractivity contribution in [2.45, 2.75) is 45.1 Å². The fourth-order valence-electron chi connectivity index (χ4n) is 2.97. The van der Waals surface area contributed by atoms with Crippen LogP contribution in [0, 0.1) is 0 Å². The van der Waals surface area contributed by atoms with Gasteiger partial charge >= 0.3 is 0 Å². The van der Waals surface area contributed by atoms with E-state index in [-0.39, 0.29) is 18.3 Å². The number of amidine groups is 1. The topological polar surface area (TPSA) is 67.9 Å². The average Bonchev–Trinajstić information content (AvgIpc) is 2.56. The number of amides is 1. The van der Waals surface area contributed by atoms with Crippen LogP contribution in [0.25, 0.3) is 0 Å². The van der Waals surface area contributed by atoms with Gasteiger partial charge < -0.3 is 15.5 Å². The zero-order chi connectivity index (χ0) is 16.7. The molecule has 1 amide bonds. The maximum atomic E-state index is 12.3. The zero-order valence-electron chi connectivity index (χ0n) is 13.5. The van der Waals surface area contributed by atoms with Crippen molar-refractivity contribution < 1.29 is 9.63 Å². The third-order valence-electron chi connectivity index (χ3n) is 4.15. The van der Waals surface area contributed by atoms with Crippen molar-refractivity contribution in [1.82, 2.24) is 4.90 Å². The number of carbonyl (C=O) groups excluding carboxylic acids is 1. The van der Waals surface area contributed by atoms with E-state index >= 15 is 0 Å². The summed E-state index contributed by atoms with van der Waals surface area (Å²) < 4.78 is 0. The molecule has 1 aromatic rings.